The number of para-hydroxylation sites is 1. The topological polar surface area (TPSA) is 168 Å². The first-order valence-electron chi connectivity index (χ1n) is 11.7. The molecule has 5 N–H and O–H groups in total. The molecule has 3 aromatic rings. The fraction of sp³-hybridized carbons (Fsp3) is 0.478. The van der Waals surface area contributed by atoms with E-state index < -0.39 is 26.8 Å². The van der Waals surface area contributed by atoms with E-state index in [2.05, 4.69) is 25.4 Å². The van der Waals surface area contributed by atoms with E-state index in [1.807, 2.05) is 30.3 Å². The molecule has 0 spiro atoms. The number of methoxy groups -OCH3 is 1. The first-order valence-corrected chi connectivity index (χ1v) is 13.5. The summed E-state index contributed by atoms with van der Waals surface area (Å²) < 4.78 is 22.8. The van der Waals surface area contributed by atoms with E-state index in [1.165, 1.54) is 0 Å². The van der Waals surface area contributed by atoms with Crippen LogP contribution in [0.15, 0.2) is 36.7 Å². The average molecular weight is 572 g/mol. The van der Waals surface area contributed by atoms with Crippen molar-refractivity contribution in [3.63, 3.8) is 0 Å². The number of nitrogens with zero attached hydrogens (tertiary/aromatic N) is 4. The predicted octanol–water partition coefficient (Wildman–Crippen LogP) is 3.06. The van der Waals surface area contributed by atoms with Gasteiger partial charge >= 0.3 is 5.97 Å². The second kappa shape index (κ2) is 16.2. The van der Waals surface area contributed by atoms with E-state index in [-0.39, 0.29) is 31.1 Å². The lowest BCUT2D eigenvalue weighted by atomic mass is 10.3. The van der Waals surface area contributed by atoms with Crippen LogP contribution in [0.5, 0.6) is 5.75 Å². The van der Waals surface area contributed by atoms with Crippen molar-refractivity contribution in [3.05, 3.63) is 36.7 Å². The maximum atomic E-state index is 11.5. The molecule has 3 unspecified atom stereocenters. The number of nitrogens with two attached hydrogens (primary N) is 1. The lowest BCUT2D eigenvalue weighted by molar-refractivity contribution is -0.145. The van der Waals surface area contributed by atoms with Crippen molar-refractivity contribution >= 4 is 49.0 Å². The molecular formula is C23H35ClN7O6P. The Bertz CT molecular complexity index is 1120. The Kier molecular flexibility index (Phi) is 13.4. The maximum Gasteiger partial charge on any atom is 0.320 e. The zero-order valence-electron chi connectivity index (χ0n) is 22.0. The minimum Gasteiger partial charge on any atom is -0.497 e. The Morgan fingerprint density at radius 1 is 1.24 bits per heavy atom. The van der Waals surface area contributed by atoms with Crippen LogP contribution >= 0.6 is 20.1 Å². The van der Waals surface area contributed by atoms with Gasteiger partial charge in [-0.2, -0.15) is 9.97 Å². The number of ether oxygens (including phenoxy) is 3. The number of halogens is 1. The molecule has 0 aliphatic rings. The summed E-state index contributed by atoms with van der Waals surface area (Å²) in [5.74, 6) is 1.16. The molecule has 1 aromatic carbocycles. The van der Waals surface area contributed by atoms with Gasteiger partial charge in [-0.05, 0) is 32.9 Å². The number of nitrogens with one attached hydrogen (secondary N) is 2. The van der Waals surface area contributed by atoms with E-state index in [9.17, 15) is 9.69 Å². The first-order chi connectivity index (χ1) is 18.2. The third-order valence-electron chi connectivity index (χ3n) is 4.72. The zero-order valence-corrected chi connectivity index (χ0v) is 23.6. The van der Waals surface area contributed by atoms with Crippen molar-refractivity contribution in [1.29, 1.82) is 0 Å². The predicted molar refractivity (Wildman–Crippen MR) is 147 cm³/mol. The number of imidazole rings is 1. The van der Waals surface area contributed by atoms with E-state index in [1.54, 1.807) is 45.8 Å². The van der Waals surface area contributed by atoms with E-state index in [0.29, 0.717) is 17.0 Å². The van der Waals surface area contributed by atoms with E-state index in [4.69, 9.17) is 36.1 Å². The second-order valence-electron chi connectivity index (χ2n) is 7.98. The van der Waals surface area contributed by atoms with Gasteiger partial charge in [-0.25, -0.2) is 10.1 Å². The molecule has 0 saturated carbocycles. The van der Waals surface area contributed by atoms with Crippen LogP contribution in [0, 0.1) is 0 Å². The highest BCUT2D eigenvalue weighted by Gasteiger charge is 2.20. The zero-order chi connectivity index (χ0) is 28.1. The Hall–Kier alpha value is -2.80. The normalized spacial score (nSPS) is 13.4. The molecule has 3 atom stereocenters. The molecule has 38 heavy (non-hydrogen) atoms. The number of esters is 1. The van der Waals surface area contributed by atoms with Crippen LogP contribution in [0.3, 0.4) is 0 Å². The summed E-state index contributed by atoms with van der Waals surface area (Å²) in [7, 11) is 1.34. The van der Waals surface area contributed by atoms with Gasteiger partial charge in [0.15, 0.2) is 17.0 Å². The third kappa shape index (κ3) is 10.2. The smallest absolute Gasteiger partial charge is 0.320 e. The number of hydrogen-bond donors (Lipinski definition) is 4. The molecule has 0 saturated heterocycles. The highest BCUT2D eigenvalue weighted by Crippen LogP contribution is 2.27. The molecule has 0 aliphatic carbocycles. The van der Waals surface area contributed by atoms with Gasteiger partial charge in [-0.1, -0.05) is 18.2 Å². The summed E-state index contributed by atoms with van der Waals surface area (Å²) in [6.07, 6.45) is 0.297. The monoisotopic (exact) mass is 571 g/mol. The molecule has 15 heteroatoms. The van der Waals surface area contributed by atoms with Crippen LogP contribution in [0.4, 0.5) is 11.8 Å². The summed E-state index contributed by atoms with van der Waals surface area (Å²) >= 11 is 5.98. The van der Waals surface area contributed by atoms with Gasteiger partial charge in [0.1, 0.15) is 18.5 Å². The first kappa shape index (κ1) is 31.4. The van der Waals surface area contributed by atoms with E-state index >= 15 is 0 Å². The van der Waals surface area contributed by atoms with Crippen molar-refractivity contribution in [2.75, 3.05) is 44.2 Å². The van der Waals surface area contributed by atoms with Gasteiger partial charge in [0.05, 0.1) is 38.1 Å². The number of aromatic nitrogens is 4. The van der Waals surface area contributed by atoms with Crippen LogP contribution in [0.2, 0.25) is 0 Å². The fourth-order valence-corrected chi connectivity index (χ4v) is 3.86. The average Bonchev–Trinajstić information content (AvgIpc) is 3.33. The Balaban J connectivity index is 0.000000538. The molecule has 0 radical (unpaired) electrons. The highest BCUT2D eigenvalue weighted by atomic mass is 35.5. The molecule has 0 aliphatic heterocycles. The lowest BCUT2D eigenvalue weighted by Gasteiger charge is -2.23. The van der Waals surface area contributed by atoms with Crippen LogP contribution in [0.1, 0.15) is 27.0 Å². The van der Waals surface area contributed by atoms with Gasteiger partial charge in [0.25, 0.3) is 8.53 Å². The van der Waals surface area contributed by atoms with Crippen LogP contribution in [-0.4, -0.2) is 75.8 Å². The molecule has 2 heterocycles. The van der Waals surface area contributed by atoms with Crippen molar-refractivity contribution in [2.24, 2.45) is 0 Å². The summed E-state index contributed by atoms with van der Waals surface area (Å²) in [5.41, 5.74) is 6.82. The van der Waals surface area contributed by atoms with Crippen LogP contribution in [-0.2, 0) is 18.8 Å². The number of benzene rings is 1. The molecular weight excluding hydrogens is 537 g/mol. The molecule has 0 fully saturated rings. The summed E-state index contributed by atoms with van der Waals surface area (Å²) in [4.78, 5) is 34.0. The molecule has 3 rings (SSSR count). The van der Waals surface area contributed by atoms with Gasteiger partial charge in [0, 0.05) is 7.05 Å². The molecule has 13 nitrogen and oxygen atoms in total. The number of carbonyl (C=O) groups excluding carboxylic acids is 1. The Morgan fingerprint density at radius 2 is 1.95 bits per heavy atom. The van der Waals surface area contributed by atoms with Crippen LogP contribution in [0.25, 0.3) is 11.2 Å². The molecule has 0 bridgehead atoms. The van der Waals surface area contributed by atoms with Gasteiger partial charge in [0.2, 0.25) is 5.95 Å². The number of nitrogen functional groups attached to an aromatic ring is 1. The Morgan fingerprint density at radius 3 is 2.53 bits per heavy atom. The number of carbonyl (C=O) groups is 1. The summed E-state index contributed by atoms with van der Waals surface area (Å²) in [6.45, 7) is 5.11. The van der Waals surface area contributed by atoms with Gasteiger partial charge in [-0.3, -0.25) is 9.36 Å². The lowest BCUT2D eigenvalue weighted by Crippen LogP contribution is -2.27. The van der Waals surface area contributed by atoms with Crippen molar-refractivity contribution in [3.8, 4) is 5.75 Å². The highest BCUT2D eigenvalue weighted by molar-refractivity contribution is 7.43. The van der Waals surface area contributed by atoms with Crippen LogP contribution < -0.4 is 20.9 Å². The van der Waals surface area contributed by atoms with Gasteiger partial charge < -0.3 is 34.7 Å². The molecule has 0 amide bonds. The molecule has 210 valence electrons. The van der Waals surface area contributed by atoms with Crippen molar-refractivity contribution in [2.45, 2.75) is 39.2 Å². The summed E-state index contributed by atoms with van der Waals surface area (Å²) in [5, 5.41) is 5.49. The SMILES string of the molecule is CNc1nc(N)nc2c1ncn2C(C)OC(CCl)COP(O)NCC(=O)OC(C)C.COc1ccccc1. The van der Waals surface area contributed by atoms with Crippen molar-refractivity contribution in [1.82, 2.24) is 24.6 Å². The second-order valence-corrected chi connectivity index (χ2v) is 9.40. The third-order valence-corrected chi connectivity index (χ3v) is 5.88. The number of hydrogen-bond acceptors (Lipinski definition) is 12. The van der Waals surface area contributed by atoms with E-state index in [0.717, 1.165) is 5.75 Å². The number of alkyl halides is 1. The largest absolute Gasteiger partial charge is 0.497 e. The number of fused-ring (bicyclic) bond motifs is 1. The Labute approximate surface area is 228 Å². The summed E-state index contributed by atoms with van der Waals surface area (Å²) in [6, 6.07) is 9.68. The quantitative estimate of drug-likeness (QED) is 0.135. The maximum absolute atomic E-state index is 11.5. The minimum atomic E-state index is -2.04. The van der Waals surface area contributed by atoms with Gasteiger partial charge in [-0.15, -0.1) is 11.6 Å². The molecule has 2 aromatic heterocycles. The standard InChI is InChI=1S/C16H27ClN7O5P.C7H8O/c1-9(2)28-12(25)6-21-30(26)27-7-11(5-17)29-10(3)24-8-20-13-14(19-4)22-16(18)23-15(13)24;1-8-7-5-3-2-4-6-7/h8-11,21,26H,5-7H2,1-4H3,(H3,18,19,22,23);2-6H,1H3. The fourth-order valence-electron chi connectivity index (χ4n) is 3.03. The minimum absolute atomic E-state index is 0.00773. The number of anilines is 2. The number of rotatable bonds is 13. The van der Waals surface area contributed by atoms with Crippen molar-refractivity contribution < 1.29 is 28.4 Å².